The maximum Gasteiger partial charge on any atom is 0.248 e. The van der Waals surface area contributed by atoms with Gasteiger partial charge in [-0.1, -0.05) is 42.0 Å². The summed E-state index contributed by atoms with van der Waals surface area (Å²) in [5.74, 6) is 1.57. The standard InChI is InChI=1S/C22H23N5O3/c1-12-8-10-14(11-9-12)21-25-22-24-13(2)17(20(23)28)18(27(22)26-21)15-6-5-7-16(29-3)19(15)30-4/h5-11,18H,1-4H3,(H2,23,28)(H,24,25,26). The SMILES string of the molecule is COc1cccc(C2C(C(N)=O)=C(C)Nc3nc(-c4ccc(C)cc4)nn32)c1OC. The molecule has 0 fully saturated rings. The van der Waals surface area contributed by atoms with Crippen molar-refractivity contribution in [3.05, 3.63) is 64.9 Å². The number of amides is 1. The maximum atomic E-state index is 12.4. The number of nitrogens with one attached hydrogen (secondary N) is 1. The zero-order chi connectivity index (χ0) is 21.4. The van der Waals surface area contributed by atoms with Crippen molar-refractivity contribution in [2.45, 2.75) is 19.9 Å². The number of allylic oxidation sites excluding steroid dienone is 1. The predicted molar refractivity (Wildman–Crippen MR) is 113 cm³/mol. The van der Waals surface area contributed by atoms with Gasteiger partial charge in [-0.3, -0.25) is 4.79 Å². The molecule has 1 unspecified atom stereocenters. The lowest BCUT2D eigenvalue weighted by Crippen LogP contribution is -2.32. The molecule has 154 valence electrons. The van der Waals surface area contributed by atoms with Gasteiger partial charge in [0, 0.05) is 16.8 Å². The topological polar surface area (TPSA) is 104 Å². The molecule has 8 heteroatoms. The van der Waals surface area contributed by atoms with Crippen molar-refractivity contribution in [2.75, 3.05) is 19.5 Å². The number of fused-ring (bicyclic) bond motifs is 1. The Morgan fingerprint density at radius 2 is 1.83 bits per heavy atom. The molecule has 1 atom stereocenters. The van der Waals surface area contributed by atoms with Crippen LogP contribution in [-0.2, 0) is 4.79 Å². The first kappa shape index (κ1) is 19.5. The van der Waals surface area contributed by atoms with Gasteiger partial charge in [-0.2, -0.15) is 4.98 Å². The minimum absolute atomic E-state index is 0.384. The van der Waals surface area contributed by atoms with E-state index in [2.05, 4.69) is 10.3 Å². The van der Waals surface area contributed by atoms with Gasteiger partial charge in [0.15, 0.2) is 17.3 Å². The number of primary amides is 1. The molecule has 2 aromatic carbocycles. The fraction of sp³-hybridized carbons (Fsp3) is 0.227. The number of nitrogens with zero attached hydrogens (tertiary/aromatic N) is 3. The van der Waals surface area contributed by atoms with Crippen LogP contribution in [-0.4, -0.2) is 34.9 Å². The predicted octanol–water partition coefficient (Wildman–Crippen LogP) is 3.04. The maximum absolute atomic E-state index is 12.4. The Morgan fingerprint density at radius 3 is 2.47 bits per heavy atom. The summed E-state index contributed by atoms with van der Waals surface area (Å²) >= 11 is 0. The van der Waals surface area contributed by atoms with Gasteiger partial charge in [-0.05, 0) is 19.9 Å². The number of carbonyl (C=O) groups is 1. The Kier molecular flexibility index (Phi) is 4.91. The van der Waals surface area contributed by atoms with Gasteiger partial charge in [0.05, 0.1) is 19.8 Å². The van der Waals surface area contributed by atoms with Crippen molar-refractivity contribution >= 4 is 11.9 Å². The number of hydrogen-bond acceptors (Lipinski definition) is 6. The molecule has 0 bridgehead atoms. The minimum Gasteiger partial charge on any atom is -0.493 e. The van der Waals surface area contributed by atoms with Crippen LogP contribution >= 0.6 is 0 Å². The average Bonchev–Trinajstić information content (AvgIpc) is 3.15. The summed E-state index contributed by atoms with van der Waals surface area (Å²) in [4.78, 5) is 17.1. The molecule has 1 aliphatic rings. The molecule has 3 aromatic rings. The van der Waals surface area contributed by atoms with Crippen LogP contribution < -0.4 is 20.5 Å². The van der Waals surface area contributed by atoms with Crippen LogP contribution in [0.5, 0.6) is 11.5 Å². The largest absolute Gasteiger partial charge is 0.493 e. The smallest absolute Gasteiger partial charge is 0.248 e. The lowest BCUT2D eigenvalue weighted by molar-refractivity contribution is -0.115. The summed E-state index contributed by atoms with van der Waals surface area (Å²) in [6, 6.07) is 12.8. The molecule has 0 spiro atoms. The number of rotatable bonds is 5. The fourth-order valence-electron chi connectivity index (χ4n) is 3.71. The Hall–Kier alpha value is -3.81. The Morgan fingerprint density at radius 1 is 1.10 bits per heavy atom. The average molecular weight is 405 g/mol. The van der Waals surface area contributed by atoms with Crippen LogP contribution in [0.2, 0.25) is 0 Å². The van der Waals surface area contributed by atoms with Crippen molar-refractivity contribution in [1.82, 2.24) is 14.8 Å². The summed E-state index contributed by atoms with van der Waals surface area (Å²) in [5.41, 5.74) is 9.49. The summed E-state index contributed by atoms with van der Waals surface area (Å²) in [5, 5.41) is 7.87. The molecule has 1 aromatic heterocycles. The minimum atomic E-state index is -0.615. The van der Waals surface area contributed by atoms with E-state index in [0.717, 1.165) is 11.1 Å². The zero-order valence-electron chi connectivity index (χ0n) is 17.3. The second-order valence-electron chi connectivity index (χ2n) is 7.08. The number of anilines is 1. The Balaban J connectivity index is 1.93. The van der Waals surface area contributed by atoms with Gasteiger partial charge in [0.1, 0.15) is 6.04 Å². The van der Waals surface area contributed by atoms with Crippen molar-refractivity contribution in [1.29, 1.82) is 0 Å². The number of benzene rings is 2. The lowest BCUT2D eigenvalue weighted by atomic mass is 9.94. The number of para-hydroxylation sites is 1. The van der Waals surface area contributed by atoms with E-state index in [4.69, 9.17) is 20.3 Å². The Bertz CT molecular complexity index is 1150. The third-order valence-corrected chi connectivity index (χ3v) is 5.16. The highest BCUT2D eigenvalue weighted by atomic mass is 16.5. The molecular formula is C22H23N5O3. The molecule has 0 aliphatic carbocycles. The molecule has 30 heavy (non-hydrogen) atoms. The number of hydrogen-bond donors (Lipinski definition) is 2. The van der Waals surface area contributed by atoms with E-state index in [-0.39, 0.29) is 0 Å². The first-order chi connectivity index (χ1) is 14.4. The van der Waals surface area contributed by atoms with E-state index in [1.807, 2.05) is 43.3 Å². The summed E-state index contributed by atoms with van der Waals surface area (Å²) in [6.07, 6.45) is 0. The number of carbonyl (C=O) groups excluding carboxylic acids is 1. The van der Waals surface area contributed by atoms with Crippen molar-refractivity contribution in [3.63, 3.8) is 0 Å². The quantitative estimate of drug-likeness (QED) is 0.676. The molecule has 0 saturated heterocycles. The third-order valence-electron chi connectivity index (χ3n) is 5.16. The fourth-order valence-corrected chi connectivity index (χ4v) is 3.71. The highest BCUT2D eigenvalue weighted by Gasteiger charge is 2.35. The van der Waals surface area contributed by atoms with Crippen LogP contribution in [0.1, 0.15) is 24.1 Å². The summed E-state index contributed by atoms with van der Waals surface area (Å²) < 4.78 is 12.7. The van der Waals surface area contributed by atoms with Crippen LogP contribution in [0, 0.1) is 6.92 Å². The molecule has 0 radical (unpaired) electrons. The molecule has 0 saturated carbocycles. The molecule has 2 heterocycles. The molecule has 1 aliphatic heterocycles. The number of ether oxygens (including phenoxy) is 2. The molecule has 1 amide bonds. The molecule has 4 rings (SSSR count). The van der Waals surface area contributed by atoms with E-state index in [9.17, 15) is 4.79 Å². The van der Waals surface area contributed by atoms with Crippen LogP contribution in [0.3, 0.4) is 0 Å². The second-order valence-corrected chi connectivity index (χ2v) is 7.08. The van der Waals surface area contributed by atoms with E-state index in [1.54, 1.807) is 31.9 Å². The second kappa shape index (κ2) is 7.55. The van der Waals surface area contributed by atoms with E-state index in [0.29, 0.717) is 40.1 Å². The zero-order valence-corrected chi connectivity index (χ0v) is 17.3. The van der Waals surface area contributed by atoms with Gasteiger partial charge in [0.2, 0.25) is 11.9 Å². The normalized spacial score (nSPS) is 15.4. The van der Waals surface area contributed by atoms with Crippen LogP contribution in [0.4, 0.5) is 5.95 Å². The highest BCUT2D eigenvalue weighted by molar-refractivity contribution is 5.95. The molecule has 8 nitrogen and oxygen atoms in total. The van der Waals surface area contributed by atoms with Gasteiger partial charge in [-0.15, -0.1) is 5.10 Å². The summed E-state index contributed by atoms with van der Waals surface area (Å²) in [6.45, 7) is 3.82. The summed E-state index contributed by atoms with van der Waals surface area (Å²) in [7, 11) is 3.12. The lowest BCUT2D eigenvalue weighted by Gasteiger charge is -2.29. The number of methoxy groups -OCH3 is 2. The van der Waals surface area contributed by atoms with Crippen LogP contribution in [0.25, 0.3) is 11.4 Å². The van der Waals surface area contributed by atoms with Gasteiger partial charge in [-0.25, -0.2) is 4.68 Å². The van der Waals surface area contributed by atoms with Crippen molar-refractivity contribution in [3.8, 4) is 22.9 Å². The van der Waals surface area contributed by atoms with Gasteiger partial charge in [0.25, 0.3) is 0 Å². The van der Waals surface area contributed by atoms with Gasteiger partial charge >= 0.3 is 0 Å². The van der Waals surface area contributed by atoms with Crippen molar-refractivity contribution < 1.29 is 14.3 Å². The van der Waals surface area contributed by atoms with E-state index in [1.165, 1.54) is 0 Å². The molecular weight excluding hydrogens is 382 g/mol. The first-order valence-electron chi connectivity index (χ1n) is 9.46. The van der Waals surface area contributed by atoms with Crippen LogP contribution in [0.15, 0.2) is 53.7 Å². The number of aromatic nitrogens is 3. The number of nitrogens with two attached hydrogens (primary N) is 1. The van der Waals surface area contributed by atoms with E-state index < -0.39 is 11.9 Å². The number of aryl methyl sites for hydroxylation is 1. The van der Waals surface area contributed by atoms with E-state index >= 15 is 0 Å². The van der Waals surface area contributed by atoms with Gasteiger partial charge < -0.3 is 20.5 Å². The molecule has 3 N–H and O–H groups in total. The third kappa shape index (κ3) is 3.16. The first-order valence-corrected chi connectivity index (χ1v) is 9.46. The Labute approximate surface area is 174 Å². The highest BCUT2D eigenvalue weighted by Crippen LogP contribution is 2.42. The monoisotopic (exact) mass is 405 g/mol. The van der Waals surface area contributed by atoms with Crippen molar-refractivity contribution in [2.24, 2.45) is 5.73 Å².